The minimum absolute atomic E-state index is 0.0157. The Morgan fingerprint density at radius 2 is 1.94 bits per heavy atom. The fraction of sp³-hybridized carbons (Fsp3) is 0.160. The number of halogens is 1. The Bertz CT molecular complexity index is 1460. The number of hydrogen-bond donors (Lipinski definition) is 3. The van der Waals surface area contributed by atoms with Crippen molar-refractivity contribution in [2.45, 2.75) is 12.7 Å². The third-order valence-electron chi connectivity index (χ3n) is 5.19. The van der Waals surface area contributed by atoms with Crippen LogP contribution in [0.3, 0.4) is 0 Å². The third-order valence-corrected chi connectivity index (χ3v) is 6.55. The monoisotopic (exact) mass is 508 g/mol. The van der Waals surface area contributed by atoms with Gasteiger partial charge in [0, 0.05) is 22.0 Å². The van der Waals surface area contributed by atoms with E-state index >= 15 is 0 Å². The van der Waals surface area contributed by atoms with E-state index in [-0.39, 0.29) is 13.2 Å². The summed E-state index contributed by atoms with van der Waals surface area (Å²) in [5.74, 6) is 1.83. The van der Waals surface area contributed by atoms with Gasteiger partial charge in [0.1, 0.15) is 47.8 Å². The highest BCUT2D eigenvalue weighted by Gasteiger charge is 2.14. The van der Waals surface area contributed by atoms with Gasteiger partial charge in [0.15, 0.2) is 0 Å². The van der Waals surface area contributed by atoms with Crippen molar-refractivity contribution >= 4 is 54.7 Å². The van der Waals surface area contributed by atoms with E-state index in [1.54, 1.807) is 12.3 Å². The predicted molar refractivity (Wildman–Crippen MR) is 137 cm³/mol. The molecule has 5 rings (SSSR count). The van der Waals surface area contributed by atoms with E-state index in [9.17, 15) is 5.11 Å². The molecule has 5 aromatic rings. The number of pyridine rings is 1. The van der Waals surface area contributed by atoms with E-state index in [1.807, 2.05) is 48.5 Å². The van der Waals surface area contributed by atoms with Crippen LogP contribution in [0.1, 0.15) is 5.69 Å². The van der Waals surface area contributed by atoms with Crippen LogP contribution in [-0.2, 0) is 6.61 Å². The second-order valence-corrected chi connectivity index (χ2v) is 9.13. The average Bonchev–Trinajstić information content (AvgIpc) is 3.26. The molecule has 0 unspecified atom stereocenters. The Labute approximate surface area is 209 Å². The van der Waals surface area contributed by atoms with Gasteiger partial charge in [-0.2, -0.15) is 0 Å². The number of fused-ring (bicyclic) bond motifs is 3. The van der Waals surface area contributed by atoms with Gasteiger partial charge in [-0.05, 0) is 48.5 Å². The molecule has 0 aliphatic heterocycles. The van der Waals surface area contributed by atoms with E-state index < -0.39 is 6.10 Å². The van der Waals surface area contributed by atoms with Crippen molar-refractivity contribution in [1.29, 1.82) is 0 Å². The minimum atomic E-state index is -0.923. The Kier molecular flexibility index (Phi) is 6.91. The van der Waals surface area contributed by atoms with E-state index in [0.717, 1.165) is 31.7 Å². The zero-order chi connectivity index (χ0) is 24.2. The lowest BCUT2D eigenvalue weighted by atomic mass is 10.2. The molecule has 2 aromatic carbocycles. The van der Waals surface area contributed by atoms with E-state index in [4.69, 9.17) is 26.2 Å². The standard InChI is InChI=1S/C25H21ClN4O4S/c26-20-9-15(4-7-21(20)34-12-16-3-1-2-8-27-16)30-24-23-19-6-5-18(33-13-17(32)11-31)10-22(19)35-25(23)29-14-28-24/h1-10,14,17,31-32H,11-13H2,(H,28,29,30)/t17-/m0/s1. The summed E-state index contributed by atoms with van der Waals surface area (Å²) in [6, 6.07) is 16.8. The highest BCUT2D eigenvalue weighted by Crippen LogP contribution is 2.39. The zero-order valence-electron chi connectivity index (χ0n) is 18.4. The van der Waals surface area contributed by atoms with Gasteiger partial charge in [0.25, 0.3) is 0 Å². The molecule has 0 spiro atoms. The van der Waals surface area contributed by atoms with E-state index in [1.165, 1.54) is 17.7 Å². The lowest BCUT2D eigenvalue weighted by Gasteiger charge is -2.11. The van der Waals surface area contributed by atoms with Crippen LogP contribution in [-0.4, -0.2) is 44.5 Å². The first-order valence-corrected chi connectivity index (χ1v) is 12.0. The quantitative estimate of drug-likeness (QED) is 0.256. The molecule has 0 radical (unpaired) electrons. The third kappa shape index (κ3) is 5.28. The molecule has 8 nitrogen and oxygen atoms in total. The van der Waals surface area contributed by atoms with Crippen molar-refractivity contribution < 1.29 is 19.7 Å². The van der Waals surface area contributed by atoms with Gasteiger partial charge in [0.2, 0.25) is 0 Å². The summed E-state index contributed by atoms with van der Waals surface area (Å²) in [4.78, 5) is 14.0. The SMILES string of the molecule is OC[C@H](O)COc1ccc2c(c1)sc1ncnc(Nc3ccc(OCc4ccccn4)c(Cl)c3)c12. The van der Waals surface area contributed by atoms with Crippen LogP contribution in [0.15, 0.2) is 67.1 Å². The van der Waals surface area contributed by atoms with Gasteiger partial charge in [-0.15, -0.1) is 11.3 Å². The highest BCUT2D eigenvalue weighted by molar-refractivity contribution is 7.25. The molecule has 0 aliphatic rings. The smallest absolute Gasteiger partial charge is 0.143 e. The first-order valence-electron chi connectivity index (χ1n) is 10.8. The molecule has 3 heterocycles. The summed E-state index contributed by atoms with van der Waals surface area (Å²) in [5, 5.41) is 24.2. The number of aromatic nitrogens is 3. The lowest BCUT2D eigenvalue weighted by Crippen LogP contribution is -2.21. The average molecular weight is 509 g/mol. The van der Waals surface area contributed by atoms with Crippen molar-refractivity contribution in [3.05, 3.63) is 77.8 Å². The van der Waals surface area contributed by atoms with Crippen LogP contribution in [0, 0.1) is 0 Å². The second-order valence-electron chi connectivity index (χ2n) is 7.69. The van der Waals surface area contributed by atoms with Gasteiger partial charge in [-0.3, -0.25) is 4.98 Å². The first kappa shape index (κ1) is 23.3. The first-order chi connectivity index (χ1) is 17.1. The fourth-order valence-electron chi connectivity index (χ4n) is 3.48. The van der Waals surface area contributed by atoms with Crippen molar-refractivity contribution in [3.63, 3.8) is 0 Å². The zero-order valence-corrected chi connectivity index (χ0v) is 20.0. The molecule has 0 saturated carbocycles. The number of thiophene rings is 1. The maximum absolute atomic E-state index is 9.52. The second kappa shape index (κ2) is 10.4. The molecule has 0 amide bonds. The molecule has 0 saturated heterocycles. The highest BCUT2D eigenvalue weighted by atomic mass is 35.5. The lowest BCUT2D eigenvalue weighted by molar-refractivity contribution is 0.0536. The number of nitrogens with zero attached hydrogens (tertiary/aromatic N) is 3. The number of aliphatic hydroxyl groups excluding tert-OH is 2. The summed E-state index contributed by atoms with van der Waals surface area (Å²) in [6.07, 6.45) is 2.31. The molecule has 3 aromatic heterocycles. The number of benzene rings is 2. The number of nitrogens with one attached hydrogen (secondary N) is 1. The predicted octanol–water partition coefficient (Wildman–Crippen LogP) is 4.95. The normalized spacial score (nSPS) is 12.1. The molecule has 0 aliphatic carbocycles. The Hall–Kier alpha value is -3.50. The number of ether oxygens (including phenoxy) is 2. The van der Waals surface area contributed by atoms with Crippen molar-refractivity contribution in [2.24, 2.45) is 0 Å². The summed E-state index contributed by atoms with van der Waals surface area (Å²) in [5.41, 5.74) is 1.58. The van der Waals surface area contributed by atoms with Crippen molar-refractivity contribution in [3.8, 4) is 11.5 Å². The van der Waals surface area contributed by atoms with Crippen molar-refractivity contribution in [2.75, 3.05) is 18.5 Å². The maximum atomic E-state index is 9.52. The van der Waals surface area contributed by atoms with Crippen LogP contribution < -0.4 is 14.8 Å². The topological polar surface area (TPSA) is 110 Å². The van der Waals surface area contributed by atoms with Crippen LogP contribution in [0.5, 0.6) is 11.5 Å². The van der Waals surface area contributed by atoms with Crippen LogP contribution in [0.25, 0.3) is 20.3 Å². The number of aliphatic hydroxyl groups is 2. The summed E-state index contributed by atoms with van der Waals surface area (Å²) < 4.78 is 12.4. The Morgan fingerprint density at radius 3 is 2.74 bits per heavy atom. The Morgan fingerprint density at radius 1 is 1.03 bits per heavy atom. The molecule has 0 fully saturated rings. The molecule has 178 valence electrons. The van der Waals surface area contributed by atoms with Crippen molar-refractivity contribution in [1.82, 2.24) is 15.0 Å². The van der Waals surface area contributed by atoms with Crippen LogP contribution in [0.2, 0.25) is 5.02 Å². The molecular formula is C25H21ClN4O4S. The molecule has 10 heteroatoms. The number of anilines is 2. The molecule has 35 heavy (non-hydrogen) atoms. The van der Waals surface area contributed by atoms with Crippen LogP contribution in [0.4, 0.5) is 11.5 Å². The van der Waals surface area contributed by atoms with E-state index in [2.05, 4.69) is 20.3 Å². The van der Waals surface area contributed by atoms with Gasteiger partial charge in [0.05, 0.1) is 22.7 Å². The fourth-order valence-corrected chi connectivity index (χ4v) is 4.79. The van der Waals surface area contributed by atoms with E-state index in [0.29, 0.717) is 28.9 Å². The minimum Gasteiger partial charge on any atom is -0.491 e. The number of hydrogen-bond acceptors (Lipinski definition) is 9. The van der Waals surface area contributed by atoms with Gasteiger partial charge >= 0.3 is 0 Å². The van der Waals surface area contributed by atoms with Crippen LogP contribution >= 0.6 is 22.9 Å². The summed E-state index contributed by atoms with van der Waals surface area (Å²) in [7, 11) is 0. The van der Waals surface area contributed by atoms with Gasteiger partial charge in [-0.1, -0.05) is 17.7 Å². The summed E-state index contributed by atoms with van der Waals surface area (Å²) >= 11 is 7.99. The maximum Gasteiger partial charge on any atom is 0.143 e. The number of rotatable bonds is 9. The molecule has 3 N–H and O–H groups in total. The molecule has 0 bridgehead atoms. The Balaban J connectivity index is 1.37. The van der Waals surface area contributed by atoms with Gasteiger partial charge < -0.3 is 25.0 Å². The molecular weight excluding hydrogens is 488 g/mol. The molecule has 1 atom stereocenters. The van der Waals surface area contributed by atoms with Gasteiger partial charge in [-0.25, -0.2) is 9.97 Å². The summed E-state index contributed by atoms with van der Waals surface area (Å²) in [6.45, 7) is -0.00955. The largest absolute Gasteiger partial charge is 0.491 e.